The number of rotatable bonds is 10. The van der Waals surface area contributed by atoms with E-state index in [-0.39, 0.29) is 11.7 Å². The number of nitrogens with zero attached hydrogens (tertiary/aromatic N) is 3. The highest BCUT2D eigenvalue weighted by Gasteiger charge is 2.30. The van der Waals surface area contributed by atoms with Crippen LogP contribution >= 0.6 is 11.6 Å². The van der Waals surface area contributed by atoms with E-state index in [0.717, 1.165) is 66.5 Å². The average Bonchev–Trinajstić information content (AvgIpc) is 3.58. The molecular weight excluding hydrogens is 552 g/mol. The number of ketones is 1. The number of fused-ring (bicyclic) bond motifs is 1. The molecule has 2 fully saturated rings. The van der Waals surface area contributed by atoms with E-state index in [4.69, 9.17) is 16.3 Å². The van der Waals surface area contributed by atoms with E-state index in [1.54, 1.807) is 30.3 Å². The van der Waals surface area contributed by atoms with Crippen LogP contribution in [0, 0.1) is 6.92 Å². The summed E-state index contributed by atoms with van der Waals surface area (Å²) in [5, 5.41) is 20.2. The number of nitrogens with one attached hydrogen (secondary N) is 1. The number of hydrogen-bond acceptors (Lipinski definition) is 6. The van der Waals surface area contributed by atoms with Crippen LogP contribution in [0.25, 0.3) is 22.0 Å². The standard InChI is InChI=1S/C33H35ClN4O4/c1-20-26-17-23(9-13-29(26)37(2)36-20)21-5-7-22(8-6-21)32(40)33(41)35-28(19-38-15-3-4-16-38)31(39)24-10-14-30(27(34)18-24)42-25-11-12-25/h5-10,13-14,17-18,25,28,31,39H,3-4,11-12,15-16,19H2,1-2H3,(H,35,41)/t28-,31-/m1/s1. The monoisotopic (exact) mass is 586 g/mol. The minimum absolute atomic E-state index is 0.203. The van der Waals surface area contributed by atoms with Crippen LogP contribution in [-0.4, -0.2) is 63.3 Å². The molecule has 4 aromatic rings. The number of carbonyl (C=O) groups excluding carboxylic acids is 2. The van der Waals surface area contributed by atoms with E-state index in [1.165, 1.54) is 0 Å². The lowest BCUT2D eigenvalue weighted by Gasteiger charge is -2.28. The summed E-state index contributed by atoms with van der Waals surface area (Å²) in [7, 11) is 1.92. The van der Waals surface area contributed by atoms with Crippen LogP contribution in [0.3, 0.4) is 0 Å². The van der Waals surface area contributed by atoms with Gasteiger partial charge in [0.2, 0.25) is 5.78 Å². The van der Waals surface area contributed by atoms with Gasteiger partial charge in [-0.05, 0) is 86.7 Å². The minimum atomic E-state index is -1.05. The molecule has 3 aromatic carbocycles. The number of ether oxygens (including phenoxy) is 1. The number of likely N-dealkylation sites (tertiary alicyclic amines) is 1. The van der Waals surface area contributed by atoms with Crippen LogP contribution in [-0.2, 0) is 11.8 Å². The third-order valence-corrected chi connectivity index (χ3v) is 8.48. The second kappa shape index (κ2) is 11.9. The van der Waals surface area contributed by atoms with E-state index in [2.05, 4.69) is 21.4 Å². The van der Waals surface area contributed by atoms with Crippen molar-refractivity contribution in [3.05, 3.63) is 82.5 Å². The molecular formula is C33H35ClN4O4. The molecule has 2 aliphatic rings. The van der Waals surface area contributed by atoms with E-state index in [1.807, 2.05) is 42.9 Å². The van der Waals surface area contributed by atoms with E-state index < -0.39 is 23.8 Å². The van der Waals surface area contributed by atoms with Crippen molar-refractivity contribution in [3.63, 3.8) is 0 Å². The number of amides is 1. The van der Waals surface area contributed by atoms with E-state index >= 15 is 0 Å². The van der Waals surface area contributed by atoms with Crippen LogP contribution in [0.15, 0.2) is 60.7 Å². The van der Waals surface area contributed by atoms with Crippen LogP contribution < -0.4 is 10.1 Å². The first-order valence-corrected chi connectivity index (χ1v) is 14.9. The molecule has 0 bridgehead atoms. The fraction of sp³-hybridized carbons (Fsp3) is 0.364. The Hall–Kier alpha value is -3.72. The number of aliphatic hydroxyl groups is 1. The van der Waals surface area contributed by atoms with Crippen molar-refractivity contribution in [2.45, 2.75) is 50.9 Å². The molecule has 9 heteroatoms. The maximum absolute atomic E-state index is 13.2. The van der Waals surface area contributed by atoms with Crippen molar-refractivity contribution < 1.29 is 19.4 Å². The largest absolute Gasteiger partial charge is 0.489 e. The van der Waals surface area contributed by atoms with Crippen LogP contribution in [0.5, 0.6) is 5.75 Å². The second-order valence-electron chi connectivity index (χ2n) is 11.4. The van der Waals surface area contributed by atoms with Gasteiger partial charge in [-0.3, -0.25) is 14.3 Å². The first-order chi connectivity index (χ1) is 20.3. The molecule has 42 heavy (non-hydrogen) atoms. The summed E-state index contributed by atoms with van der Waals surface area (Å²) in [6.45, 7) is 4.17. The van der Waals surface area contributed by atoms with E-state index in [9.17, 15) is 14.7 Å². The Labute approximate surface area is 250 Å². The molecule has 1 aromatic heterocycles. The summed E-state index contributed by atoms with van der Waals surface area (Å²) in [5.41, 5.74) is 4.79. The number of Topliss-reactive ketones (excluding diaryl/α,β-unsaturated/α-hetero) is 1. The first-order valence-electron chi connectivity index (χ1n) is 14.5. The second-order valence-corrected chi connectivity index (χ2v) is 11.8. The zero-order chi connectivity index (χ0) is 29.4. The Morgan fingerprint density at radius 2 is 1.76 bits per heavy atom. The molecule has 0 radical (unpaired) electrons. The molecule has 1 saturated carbocycles. The molecule has 0 unspecified atom stereocenters. The predicted molar refractivity (Wildman–Crippen MR) is 163 cm³/mol. The predicted octanol–water partition coefficient (Wildman–Crippen LogP) is 5.24. The summed E-state index contributed by atoms with van der Waals surface area (Å²) in [6, 6.07) is 17.7. The van der Waals surface area contributed by atoms with Gasteiger partial charge in [-0.1, -0.05) is 48.0 Å². The number of benzene rings is 3. The molecule has 6 rings (SSSR count). The van der Waals surface area contributed by atoms with Gasteiger partial charge in [0, 0.05) is 24.5 Å². The van der Waals surface area contributed by atoms with Gasteiger partial charge in [-0.2, -0.15) is 5.10 Å². The maximum atomic E-state index is 13.2. The zero-order valence-corrected chi connectivity index (χ0v) is 24.6. The summed E-state index contributed by atoms with van der Waals surface area (Å²) in [4.78, 5) is 28.6. The van der Waals surface area contributed by atoms with Gasteiger partial charge in [0.05, 0.1) is 28.4 Å². The molecule has 1 amide bonds. The topological polar surface area (TPSA) is 96.7 Å². The molecule has 1 saturated heterocycles. The van der Waals surface area contributed by atoms with Crippen molar-refractivity contribution in [2.24, 2.45) is 7.05 Å². The number of aromatic nitrogens is 2. The van der Waals surface area contributed by atoms with Crippen molar-refractivity contribution in [1.29, 1.82) is 0 Å². The SMILES string of the molecule is Cc1nn(C)c2ccc(-c3ccc(C(=O)C(=O)N[C@H](CN4CCCC4)[C@H](O)c4ccc(OC5CC5)c(Cl)c4)cc3)cc12. The highest BCUT2D eigenvalue weighted by Crippen LogP contribution is 2.34. The Morgan fingerprint density at radius 1 is 1.05 bits per heavy atom. The number of aryl methyl sites for hydroxylation is 2. The summed E-state index contributed by atoms with van der Waals surface area (Å²) in [6.07, 6.45) is 3.31. The minimum Gasteiger partial charge on any atom is -0.489 e. The third-order valence-electron chi connectivity index (χ3n) is 8.19. The molecule has 1 aliphatic carbocycles. The Bertz CT molecular complexity index is 1620. The highest BCUT2D eigenvalue weighted by atomic mass is 35.5. The Balaban J connectivity index is 1.17. The van der Waals surface area contributed by atoms with Crippen LogP contribution in [0.1, 0.15) is 53.4 Å². The van der Waals surface area contributed by atoms with Gasteiger partial charge in [0.15, 0.2) is 0 Å². The lowest BCUT2D eigenvalue weighted by Crippen LogP contribution is -2.48. The first kappa shape index (κ1) is 28.4. The lowest BCUT2D eigenvalue weighted by molar-refractivity contribution is -0.118. The van der Waals surface area contributed by atoms with Crippen LogP contribution in [0.4, 0.5) is 0 Å². The molecule has 2 heterocycles. The van der Waals surface area contributed by atoms with Gasteiger partial charge in [-0.25, -0.2) is 0 Å². The summed E-state index contributed by atoms with van der Waals surface area (Å²) < 4.78 is 7.68. The highest BCUT2D eigenvalue weighted by molar-refractivity contribution is 6.42. The van der Waals surface area contributed by atoms with Gasteiger partial charge in [-0.15, -0.1) is 0 Å². The van der Waals surface area contributed by atoms with Crippen LogP contribution in [0.2, 0.25) is 5.02 Å². The number of hydrogen-bond donors (Lipinski definition) is 2. The third kappa shape index (κ3) is 6.07. The fourth-order valence-electron chi connectivity index (χ4n) is 5.66. The molecule has 0 spiro atoms. The molecule has 218 valence electrons. The Morgan fingerprint density at radius 3 is 2.45 bits per heavy atom. The van der Waals surface area contributed by atoms with Gasteiger partial charge in [0.25, 0.3) is 5.91 Å². The molecule has 8 nitrogen and oxygen atoms in total. The Kier molecular flexibility index (Phi) is 8.03. The van der Waals surface area contributed by atoms with Crippen molar-refractivity contribution >= 4 is 34.2 Å². The van der Waals surface area contributed by atoms with Crippen molar-refractivity contribution in [2.75, 3.05) is 19.6 Å². The number of carbonyl (C=O) groups is 2. The summed E-state index contributed by atoms with van der Waals surface area (Å²) in [5.74, 6) is -0.813. The lowest BCUT2D eigenvalue weighted by atomic mass is 9.99. The average molecular weight is 587 g/mol. The molecule has 1 aliphatic heterocycles. The van der Waals surface area contributed by atoms with Gasteiger partial charge >= 0.3 is 0 Å². The molecule has 2 atom stereocenters. The fourth-order valence-corrected chi connectivity index (χ4v) is 5.90. The zero-order valence-electron chi connectivity index (χ0n) is 23.8. The van der Waals surface area contributed by atoms with E-state index in [0.29, 0.717) is 22.9 Å². The number of halogens is 1. The molecule has 2 N–H and O–H groups in total. The summed E-state index contributed by atoms with van der Waals surface area (Å²) >= 11 is 6.46. The smallest absolute Gasteiger partial charge is 0.292 e. The maximum Gasteiger partial charge on any atom is 0.292 e. The van der Waals surface area contributed by atoms with Gasteiger partial charge in [0.1, 0.15) is 11.9 Å². The quantitative estimate of drug-likeness (QED) is 0.195. The van der Waals surface area contributed by atoms with Crippen molar-refractivity contribution in [3.8, 4) is 16.9 Å². The van der Waals surface area contributed by atoms with Gasteiger partial charge < -0.3 is 20.1 Å². The normalized spacial score (nSPS) is 16.9. The number of aliphatic hydroxyl groups excluding tert-OH is 1. The van der Waals surface area contributed by atoms with Crippen molar-refractivity contribution in [1.82, 2.24) is 20.0 Å².